The van der Waals surface area contributed by atoms with Crippen LogP contribution in [0.5, 0.6) is 5.75 Å². The van der Waals surface area contributed by atoms with Crippen LogP contribution in [-0.2, 0) is 22.4 Å². The Labute approximate surface area is 195 Å². The largest absolute Gasteiger partial charge is 0.483 e. The van der Waals surface area contributed by atoms with Gasteiger partial charge in [0.1, 0.15) is 10.8 Å². The first-order valence-electron chi connectivity index (χ1n) is 11.4. The predicted molar refractivity (Wildman–Crippen MR) is 130 cm³/mol. The lowest BCUT2D eigenvalue weighted by atomic mass is 9.72. The highest BCUT2D eigenvalue weighted by atomic mass is 32.1. The van der Waals surface area contributed by atoms with Gasteiger partial charge in [-0.05, 0) is 60.1 Å². The summed E-state index contributed by atoms with van der Waals surface area (Å²) in [5.74, 6) is 0.946. The molecule has 1 aliphatic carbocycles. The minimum atomic E-state index is -0.393. The van der Waals surface area contributed by atoms with Crippen LogP contribution in [0.3, 0.4) is 0 Å². The van der Waals surface area contributed by atoms with Crippen LogP contribution >= 0.6 is 11.3 Å². The van der Waals surface area contributed by atoms with E-state index in [1.165, 1.54) is 23.3 Å². The van der Waals surface area contributed by atoms with E-state index in [9.17, 15) is 9.59 Å². The van der Waals surface area contributed by atoms with Gasteiger partial charge in [0.15, 0.2) is 6.61 Å². The number of thiophene rings is 1. The number of fused-ring (bicyclic) bond motifs is 1. The van der Waals surface area contributed by atoms with Crippen LogP contribution in [0.4, 0.5) is 5.00 Å². The number of nitrogens with one attached hydrogen (secondary N) is 1. The Balaban J connectivity index is 1.77. The molecule has 1 amide bonds. The molecule has 2 atom stereocenters. The van der Waals surface area contributed by atoms with Gasteiger partial charge in [0.05, 0.1) is 12.7 Å². The Hall–Kier alpha value is -2.34. The number of hydrogen-bond acceptors (Lipinski definition) is 5. The van der Waals surface area contributed by atoms with Gasteiger partial charge >= 0.3 is 5.97 Å². The summed E-state index contributed by atoms with van der Waals surface area (Å²) in [6.07, 6.45) is 3.76. The first-order valence-corrected chi connectivity index (χ1v) is 12.2. The molecule has 32 heavy (non-hydrogen) atoms. The van der Waals surface area contributed by atoms with Crippen molar-refractivity contribution >= 4 is 28.2 Å². The number of amides is 1. The van der Waals surface area contributed by atoms with Gasteiger partial charge in [-0.25, -0.2) is 4.79 Å². The predicted octanol–water partition coefficient (Wildman–Crippen LogP) is 6.22. The monoisotopic (exact) mass is 457 g/mol. The van der Waals surface area contributed by atoms with E-state index >= 15 is 0 Å². The van der Waals surface area contributed by atoms with Gasteiger partial charge in [-0.15, -0.1) is 11.3 Å². The summed E-state index contributed by atoms with van der Waals surface area (Å²) >= 11 is 1.50. The number of hydrogen-bond donors (Lipinski definition) is 1. The molecular weight excluding hydrogens is 422 g/mol. The van der Waals surface area contributed by atoms with Gasteiger partial charge in [0, 0.05) is 4.88 Å². The summed E-state index contributed by atoms with van der Waals surface area (Å²) in [7, 11) is 1.38. The van der Waals surface area contributed by atoms with Crippen molar-refractivity contribution in [2.75, 3.05) is 19.0 Å². The topological polar surface area (TPSA) is 64.6 Å². The normalized spacial score (nSPS) is 16.8. The van der Waals surface area contributed by atoms with Crippen molar-refractivity contribution in [3.63, 3.8) is 0 Å². The van der Waals surface area contributed by atoms with Gasteiger partial charge in [-0.2, -0.15) is 0 Å². The average molecular weight is 458 g/mol. The fourth-order valence-corrected chi connectivity index (χ4v) is 5.61. The van der Waals surface area contributed by atoms with E-state index in [1.54, 1.807) is 0 Å². The number of ether oxygens (including phenoxy) is 2. The lowest BCUT2D eigenvalue weighted by Gasteiger charge is -2.33. The summed E-state index contributed by atoms with van der Waals surface area (Å²) in [5, 5.41) is 3.49. The molecule has 0 saturated heterocycles. The minimum Gasteiger partial charge on any atom is -0.483 e. The van der Waals surface area contributed by atoms with Crippen molar-refractivity contribution in [2.45, 2.75) is 66.2 Å². The summed E-state index contributed by atoms with van der Waals surface area (Å²) < 4.78 is 10.9. The van der Waals surface area contributed by atoms with Crippen LogP contribution in [0.2, 0.25) is 0 Å². The van der Waals surface area contributed by atoms with E-state index in [4.69, 9.17) is 9.47 Å². The second kappa shape index (κ2) is 10.1. The van der Waals surface area contributed by atoms with Crippen LogP contribution < -0.4 is 10.1 Å². The van der Waals surface area contributed by atoms with Gasteiger partial charge in [-0.3, -0.25) is 4.79 Å². The molecule has 3 rings (SSSR count). The Morgan fingerprint density at radius 2 is 1.97 bits per heavy atom. The van der Waals surface area contributed by atoms with Crippen molar-refractivity contribution in [3.8, 4) is 5.75 Å². The van der Waals surface area contributed by atoms with Gasteiger partial charge in [0.25, 0.3) is 5.91 Å². The molecule has 6 heteroatoms. The van der Waals surface area contributed by atoms with Crippen molar-refractivity contribution in [2.24, 2.45) is 11.3 Å². The van der Waals surface area contributed by atoms with E-state index in [0.717, 1.165) is 42.6 Å². The van der Waals surface area contributed by atoms with Crippen molar-refractivity contribution in [3.05, 3.63) is 45.8 Å². The summed E-state index contributed by atoms with van der Waals surface area (Å²) in [4.78, 5) is 26.5. The van der Waals surface area contributed by atoms with Crippen molar-refractivity contribution in [1.29, 1.82) is 0 Å². The third-order valence-electron chi connectivity index (χ3n) is 6.55. The number of anilines is 1. The maximum atomic E-state index is 12.8. The second-order valence-corrected chi connectivity index (χ2v) is 10.8. The maximum absolute atomic E-state index is 12.8. The third kappa shape index (κ3) is 5.34. The zero-order valence-electron chi connectivity index (χ0n) is 20.0. The maximum Gasteiger partial charge on any atom is 0.341 e. The molecule has 1 aromatic heterocycles. The summed E-state index contributed by atoms with van der Waals surface area (Å²) in [6.45, 7) is 10.9. The third-order valence-corrected chi connectivity index (χ3v) is 7.72. The SMILES string of the molecule is CCC(C)c1ccccc1OCC(=O)Nc1sc2c(c1C(=O)OC)CCC(C(C)(C)C)C2. The number of esters is 1. The van der Waals surface area contributed by atoms with Crippen LogP contribution in [0.25, 0.3) is 0 Å². The summed E-state index contributed by atoms with van der Waals surface area (Å²) in [6, 6.07) is 7.83. The molecule has 0 bridgehead atoms. The van der Waals surface area contributed by atoms with Gasteiger partial charge < -0.3 is 14.8 Å². The van der Waals surface area contributed by atoms with Crippen molar-refractivity contribution < 1.29 is 19.1 Å². The molecule has 2 unspecified atom stereocenters. The minimum absolute atomic E-state index is 0.110. The Kier molecular flexibility index (Phi) is 7.65. The zero-order valence-corrected chi connectivity index (χ0v) is 20.9. The lowest BCUT2D eigenvalue weighted by molar-refractivity contribution is -0.118. The highest BCUT2D eigenvalue weighted by Gasteiger charge is 2.34. The highest BCUT2D eigenvalue weighted by Crippen LogP contribution is 2.44. The second-order valence-electron chi connectivity index (χ2n) is 9.69. The number of methoxy groups -OCH3 is 1. The molecular formula is C26H35NO4S. The molecule has 1 N–H and O–H groups in total. The molecule has 1 aliphatic rings. The summed E-state index contributed by atoms with van der Waals surface area (Å²) in [5.41, 5.74) is 2.83. The lowest BCUT2D eigenvalue weighted by Crippen LogP contribution is -2.26. The number of rotatable bonds is 7. The molecule has 0 aliphatic heterocycles. The average Bonchev–Trinajstić information content (AvgIpc) is 3.13. The molecule has 0 radical (unpaired) electrons. The Morgan fingerprint density at radius 1 is 1.25 bits per heavy atom. The molecule has 0 saturated carbocycles. The van der Waals surface area contributed by atoms with E-state index in [2.05, 4.69) is 39.9 Å². The first-order chi connectivity index (χ1) is 15.2. The van der Waals surface area contributed by atoms with Crippen molar-refractivity contribution in [1.82, 2.24) is 0 Å². The highest BCUT2D eigenvalue weighted by molar-refractivity contribution is 7.17. The first kappa shape index (κ1) is 24.3. The van der Waals surface area contributed by atoms with E-state index in [0.29, 0.717) is 22.4 Å². The molecule has 0 fully saturated rings. The molecule has 1 aromatic carbocycles. The molecule has 1 heterocycles. The Morgan fingerprint density at radius 3 is 2.62 bits per heavy atom. The molecule has 174 valence electrons. The van der Waals surface area contributed by atoms with Crippen LogP contribution in [-0.4, -0.2) is 25.6 Å². The molecule has 2 aromatic rings. The van der Waals surface area contributed by atoms with E-state index < -0.39 is 5.97 Å². The number of carbonyl (C=O) groups excluding carboxylic acids is 2. The number of para-hydroxylation sites is 1. The molecule has 5 nitrogen and oxygen atoms in total. The van der Waals surface area contributed by atoms with Crippen LogP contribution in [0, 0.1) is 11.3 Å². The van der Waals surface area contributed by atoms with Crippen LogP contribution in [0.15, 0.2) is 24.3 Å². The standard InChI is InChI=1S/C26H35NO4S/c1-7-16(2)18-10-8-9-11-20(18)31-15-22(28)27-24-23(25(29)30-6)19-13-12-17(26(3,4)5)14-21(19)32-24/h8-11,16-17H,7,12-15H2,1-6H3,(H,27,28). The Bertz CT molecular complexity index is 973. The van der Waals surface area contributed by atoms with E-state index in [1.807, 2.05) is 24.3 Å². The fraction of sp³-hybridized carbons (Fsp3) is 0.538. The molecule has 0 spiro atoms. The fourth-order valence-electron chi connectivity index (χ4n) is 4.28. The van der Waals surface area contributed by atoms with Gasteiger partial charge in [0.2, 0.25) is 0 Å². The number of benzene rings is 1. The van der Waals surface area contributed by atoms with Gasteiger partial charge in [-0.1, -0.05) is 52.8 Å². The smallest absolute Gasteiger partial charge is 0.341 e. The van der Waals surface area contributed by atoms with E-state index in [-0.39, 0.29) is 17.9 Å². The zero-order chi connectivity index (χ0) is 23.5. The quantitative estimate of drug-likeness (QED) is 0.502. The van der Waals surface area contributed by atoms with Crippen LogP contribution in [0.1, 0.15) is 79.7 Å². The number of carbonyl (C=O) groups is 2.